The number of aliphatic hydroxyl groups is 1. The first-order chi connectivity index (χ1) is 7.36. The van der Waals surface area contributed by atoms with Crippen LogP contribution in [0.2, 0.25) is 0 Å². The normalized spacial score (nSPS) is 26.5. The molecule has 0 aromatic heterocycles. The summed E-state index contributed by atoms with van der Waals surface area (Å²) in [6, 6.07) is 10.8. The fraction of sp³-hybridized carbons (Fsp3) is 0.538. The number of benzene rings is 1. The summed E-state index contributed by atoms with van der Waals surface area (Å²) >= 11 is 0. The van der Waals surface area contributed by atoms with Crippen molar-refractivity contribution < 1.29 is 5.11 Å². The van der Waals surface area contributed by atoms with Gasteiger partial charge in [0, 0.05) is 6.04 Å². The quantitative estimate of drug-likeness (QED) is 0.787. The highest BCUT2D eigenvalue weighted by Gasteiger charge is 2.21. The van der Waals surface area contributed by atoms with Crippen molar-refractivity contribution in [2.24, 2.45) is 0 Å². The fourth-order valence-corrected chi connectivity index (χ4v) is 2.20. The van der Waals surface area contributed by atoms with E-state index in [2.05, 4.69) is 29.6 Å². The van der Waals surface area contributed by atoms with Crippen LogP contribution >= 0.6 is 0 Å². The van der Waals surface area contributed by atoms with E-state index >= 15 is 0 Å². The minimum Gasteiger partial charge on any atom is -0.392 e. The van der Waals surface area contributed by atoms with E-state index in [9.17, 15) is 5.11 Å². The molecule has 2 N–H and O–H groups in total. The highest BCUT2D eigenvalue weighted by Crippen LogP contribution is 2.14. The maximum absolute atomic E-state index is 9.78. The van der Waals surface area contributed by atoms with E-state index in [1.807, 2.05) is 6.07 Å². The van der Waals surface area contributed by atoms with Gasteiger partial charge in [0.25, 0.3) is 0 Å². The average molecular weight is 205 g/mol. The average Bonchev–Trinajstić information content (AvgIpc) is 2.29. The molecule has 0 aliphatic carbocycles. The summed E-state index contributed by atoms with van der Waals surface area (Å²) in [7, 11) is 0. The van der Waals surface area contributed by atoms with Crippen LogP contribution in [0.1, 0.15) is 24.8 Å². The topological polar surface area (TPSA) is 32.3 Å². The van der Waals surface area contributed by atoms with E-state index in [4.69, 9.17) is 0 Å². The Morgan fingerprint density at radius 1 is 1.27 bits per heavy atom. The molecule has 0 amide bonds. The van der Waals surface area contributed by atoms with Crippen molar-refractivity contribution >= 4 is 0 Å². The van der Waals surface area contributed by atoms with E-state index in [0.717, 1.165) is 32.2 Å². The molecule has 0 radical (unpaired) electrons. The second-order valence-electron chi connectivity index (χ2n) is 4.29. The zero-order chi connectivity index (χ0) is 10.5. The van der Waals surface area contributed by atoms with Gasteiger partial charge < -0.3 is 10.4 Å². The Bertz CT molecular complexity index is 286. The third-order valence-electron chi connectivity index (χ3n) is 3.13. The Morgan fingerprint density at radius 2 is 2.07 bits per heavy atom. The van der Waals surface area contributed by atoms with Crippen molar-refractivity contribution in [1.29, 1.82) is 0 Å². The molecule has 1 fully saturated rings. The van der Waals surface area contributed by atoms with Crippen LogP contribution in [0.25, 0.3) is 0 Å². The number of piperidine rings is 1. The maximum Gasteiger partial charge on any atom is 0.0693 e. The summed E-state index contributed by atoms with van der Waals surface area (Å²) in [5, 5.41) is 13.2. The van der Waals surface area contributed by atoms with Gasteiger partial charge in [0.2, 0.25) is 0 Å². The molecule has 2 heteroatoms. The van der Waals surface area contributed by atoms with Crippen molar-refractivity contribution in [3.8, 4) is 0 Å². The smallest absolute Gasteiger partial charge is 0.0693 e. The van der Waals surface area contributed by atoms with Gasteiger partial charge in [-0.25, -0.2) is 0 Å². The predicted octanol–water partition coefficient (Wildman–Crippen LogP) is 1.73. The summed E-state index contributed by atoms with van der Waals surface area (Å²) < 4.78 is 0. The van der Waals surface area contributed by atoms with Crippen molar-refractivity contribution in [2.75, 3.05) is 6.54 Å². The summed E-state index contributed by atoms with van der Waals surface area (Å²) in [5.74, 6) is 0. The Morgan fingerprint density at radius 3 is 2.80 bits per heavy atom. The summed E-state index contributed by atoms with van der Waals surface area (Å²) in [6.07, 6.45) is 3.98. The molecule has 1 aromatic rings. The zero-order valence-electron chi connectivity index (χ0n) is 9.02. The van der Waals surface area contributed by atoms with Gasteiger partial charge in [0.05, 0.1) is 6.10 Å². The summed E-state index contributed by atoms with van der Waals surface area (Å²) in [6.45, 7) is 1.05. The van der Waals surface area contributed by atoms with Crippen LogP contribution in [-0.2, 0) is 6.42 Å². The molecule has 82 valence electrons. The van der Waals surface area contributed by atoms with Crippen molar-refractivity contribution in [1.82, 2.24) is 5.32 Å². The second-order valence-corrected chi connectivity index (χ2v) is 4.29. The minimum atomic E-state index is -0.150. The Hall–Kier alpha value is -0.860. The molecule has 0 spiro atoms. The van der Waals surface area contributed by atoms with Crippen LogP contribution in [0.3, 0.4) is 0 Å². The van der Waals surface area contributed by atoms with Crippen molar-refractivity contribution in [2.45, 2.75) is 37.8 Å². The lowest BCUT2D eigenvalue weighted by atomic mass is 9.95. The predicted molar refractivity (Wildman–Crippen MR) is 61.8 cm³/mol. The summed E-state index contributed by atoms with van der Waals surface area (Å²) in [5.41, 5.74) is 1.36. The highest BCUT2D eigenvalue weighted by molar-refractivity contribution is 5.14. The Labute approximate surface area is 91.3 Å². The lowest BCUT2D eigenvalue weighted by Gasteiger charge is -2.28. The molecule has 2 rings (SSSR count). The third-order valence-corrected chi connectivity index (χ3v) is 3.13. The van der Waals surface area contributed by atoms with E-state index in [0.29, 0.717) is 6.04 Å². The monoisotopic (exact) mass is 205 g/mol. The van der Waals surface area contributed by atoms with E-state index < -0.39 is 0 Å². The molecule has 1 saturated heterocycles. The van der Waals surface area contributed by atoms with Gasteiger partial charge in [-0.2, -0.15) is 0 Å². The van der Waals surface area contributed by atoms with Crippen LogP contribution in [0, 0.1) is 0 Å². The molecule has 1 heterocycles. The molecule has 0 saturated carbocycles. The molecule has 2 unspecified atom stereocenters. The van der Waals surface area contributed by atoms with Crippen LogP contribution in [0.4, 0.5) is 0 Å². The lowest BCUT2D eigenvalue weighted by Crippen LogP contribution is -2.44. The maximum atomic E-state index is 9.78. The Balaban J connectivity index is 1.82. The number of aryl methyl sites for hydroxylation is 1. The van der Waals surface area contributed by atoms with Gasteiger partial charge in [-0.15, -0.1) is 0 Å². The van der Waals surface area contributed by atoms with E-state index in [1.54, 1.807) is 0 Å². The zero-order valence-corrected chi connectivity index (χ0v) is 9.02. The first-order valence-corrected chi connectivity index (χ1v) is 5.81. The molecule has 0 bridgehead atoms. The molecule has 1 aromatic carbocycles. The molecule has 1 aliphatic rings. The molecule has 1 aliphatic heterocycles. The number of rotatable bonds is 3. The standard InChI is InChI=1S/C13H19NO/c15-13-7-4-10-14-12(13)9-8-11-5-2-1-3-6-11/h1-3,5-6,12-15H,4,7-10H2. The van der Waals surface area contributed by atoms with E-state index in [-0.39, 0.29) is 6.10 Å². The van der Waals surface area contributed by atoms with Crippen LogP contribution in [-0.4, -0.2) is 23.8 Å². The van der Waals surface area contributed by atoms with Gasteiger partial charge in [0.15, 0.2) is 0 Å². The lowest BCUT2D eigenvalue weighted by molar-refractivity contribution is 0.0926. The molecule has 2 atom stereocenters. The van der Waals surface area contributed by atoms with Crippen molar-refractivity contribution in [3.05, 3.63) is 35.9 Å². The van der Waals surface area contributed by atoms with Gasteiger partial charge in [0.1, 0.15) is 0 Å². The van der Waals surface area contributed by atoms with Gasteiger partial charge in [-0.3, -0.25) is 0 Å². The van der Waals surface area contributed by atoms with Gasteiger partial charge in [-0.1, -0.05) is 30.3 Å². The highest BCUT2D eigenvalue weighted by atomic mass is 16.3. The first-order valence-electron chi connectivity index (χ1n) is 5.81. The van der Waals surface area contributed by atoms with Crippen LogP contribution < -0.4 is 5.32 Å². The first kappa shape index (κ1) is 10.7. The molecular formula is C13H19NO. The van der Waals surface area contributed by atoms with E-state index in [1.165, 1.54) is 5.56 Å². The number of hydrogen-bond donors (Lipinski definition) is 2. The SMILES string of the molecule is OC1CCCNC1CCc1ccccc1. The molecule has 2 nitrogen and oxygen atoms in total. The van der Waals surface area contributed by atoms with Crippen molar-refractivity contribution in [3.63, 3.8) is 0 Å². The van der Waals surface area contributed by atoms with Gasteiger partial charge >= 0.3 is 0 Å². The minimum absolute atomic E-state index is 0.150. The number of aliphatic hydroxyl groups excluding tert-OH is 1. The van der Waals surface area contributed by atoms with Crippen LogP contribution in [0.5, 0.6) is 0 Å². The number of nitrogens with one attached hydrogen (secondary N) is 1. The van der Waals surface area contributed by atoms with Crippen LogP contribution in [0.15, 0.2) is 30.3 Å². The third kappa shape index (κ3) is 3.05. The molecular weight excluding hydrogens is 186 g/mol. The van der Waals surface area contributed by atoms with Gasteiger partial charge in [-0.05, 0) is 37.8 Å². The largest absolute Gasteiger partial charge is 0.392 e. The number of hydrogen-bond acceptors (Lipinski definition) is 2. The molecule has 15 heavy (non-hydrogen) atoms. The second kappa shape index (κ2) is 5.29. The summed E-state index contributed by atoms with van der Waals surface area (Å²) in [4.78, 5) is 0. The fourth-order valence-electron chi connectivity index (χ4n) is 2.20. The Kier molecular flexibility index (Phi) is 3.75.